The van der Waals surface area contributed by atoms with E-state index in [0.717, 1.165) is 19.5 Å². The van der Waals surface area contributed by atoms with Crippen LogP contribution in [-0.2, 0) is 4.74 Å². The lowest BCUT2D eigenvalue weighted by molar-refractivity contribution is 0.0527. The predicted octanol–water partition coefficient (Wildman–Crippen LogP) is 1.42. The van der Waals surface area contributed by atoms with Gasteiger partial charge in [0.05, 0.1) is 6.61 Å². The molecular weight excluding hydrogens is 230 g/mol. The van der Waals surface area contributed by atoms with E-state index in [0.29, 0.717) is 24.0 Å². The molecule has 98 valence electrons. The number of carbonyl (C=O) groups is 1. The third-order valence-electron chi connectivity index (χ3n) is 2.98. The third-order valence-corrected chi connectivity index (χ3v) is 2.98. The second-order valence-corrected chi connectivity index (χ2v) is 4.29. The number of anilines is 1. The van der Waals surface area contributed by atoms with Crippen LogP contribution in [0.4, 0.5) is 5.82 Å². The maximum atomic E-state index is 11.7. The van der Waals surface area contributed by atoms with E-state index in [1.807, 2.05) is 0 Å². The lowest BCUT2D eigenvalue weighted by Crippen LogP contribution is -2.30. The van der Waals surface area contributed by atoms with Crippen molar-refractivity contribution < 1.29 is 9.53 Å². The quantitative estimate of drug-likeness (QED) is 0.773. The molecule has 1 aromatic rings. The van der Waals surface area contributed by atoms with Crippen LogP contribution < -0.4 is 10.6 Å². The molecule has 0 radical (unpaired) electrons. The van der Waals surface area contributed by atoms with Crippen LogP contribution >= 0.6 is 0 Å². The summed E-state index contributed by atoms with van der Waals surface area (Å²) in [6, 6.07) is 3.93. The molecule has 2 heterocycles. The topological polar surface area (TPSA) is 63.2 Å². The SMILES string of the molecule is CCOC(=O)c1cccnc1NCC1CCCN1. The number of ether oxygens (including phenoxy) is 1. The molecule has 0 spiro atoms. The van der Waals surface area contributed by atoms with Crippen molar-refractivity contribution in [3.8, 4) is 0 Å². The molecule has 0 aromatic carbocycles. The van der Waals surface area contributed by atoms with E-state index >= 15 is 0 Å². The van der Waals surface area contributed by atoms with Crippen LogP contribution in [-0.4, -0.2) is 36.7 Å². The smallest absolute Gasteiger partial charge is 0.341 e. The summed E-state index contributed by atoms with van der Waals surface area (Å²) < 4.78 is 5.01. The van der Waals surface area contributed by atoms with Gasteiger partial charge >= 0.3 is 5.97 Å². The Hall–Kier alpha value is -1.62. The number of carbonyl (C=O) groups excluding carboxylic acids is 1. The maximum Gasteiger partial charge on any atom is 0.341 e. The first-order valence-corrected chi connectivity index (χ1v) is 6.40. The van der Waals surface area contributed by atoms with Gasteiger partial charge in [0.15, 0.2) is 0 Å². The zero-order chi connectivity index (χ0) is 12.8. The zero-order valence-electron chi connectivity index (χ0n) is 10.6. The van der Waals surface area contributed by atoms with Gasteiger partial charge in [0.1, 0.15) is 11.4 Å². The molecular formula is C13H19N3O2. The number of esters is 1. The number of hydrogen-bond donors (Lipinski definition) is 2. The molecule has 0 amide bonds. The predicted molar refractivity (Wildman–Crippen MR) is 69.7 cm³/mol. The van der Waals surface area contributed by atoms with E-state index in [-0.39, 0.29) is 5.97 Å². The van der Waals surface area contributed by atoms with Crippen molar-refractivity contribution >= 4 is 11.8 Å². The van der Waals surface area contributed by atoms with Gasteiger partial charge in [0, 0.05) is 18.8 Å². The minimum Gasteiger partial charge on any atom is -0.462 e. The molecule has 1 aliphatic heterocycles. The molecule has 5 heteroatoms. The summed E-state index contributed by atoms with van der Waals surface area (Å²) in [6.45, 7) is 4.02. The molecule has 2 N–H and O–H groups in total. The average molecular weight is 249 g/mol. The van der Waals surface area contributed by atoms with Gasteiger partial charge in [0.2, 0.25) is 0 Å². The number of nitrogens with zero attached hydrogens (tertiary/aromatic N) is 1. The Kier molecular flexibility index (Phi) is 4.52. The van der Waals surface area contributed by atoms with Crippen molar-refractivity contribution in [2.45, 2.75) is 25.8 Å². The highest BCUT2D eigenvalue weighted by molar-refractivity contribution is 5.94. The Morgan fingerprint density at radius 2 is 2.56 bits per heavy atom. The molecule has 0 saturated carbocycles. The first kappa shape index (κ1) is 12.8. The van der Waals surface area contributed by atoms with Crippen LogP contribution in [0.15, 0.2) is 18.3 Å². The van der Waals surface area contributed by atoms with Crippen LogP contribution in [0.25, 0.3) is 0 Å². The number of pyridine rings is 1. The number of aromatic nitrogens is 1. The van der Waals surface area contributed by atoms with Crippen molar-refractivity contribution in [2.24, 2.45) is 0 Å². The molecule has 1 aromatic heterocycles. The van der Waals surface area contributed by atoms with Crippen LogP contribution in [0, 0.1) is 0 Å². The second kappa shape index (κ2) is 6.35. The molecule has 2 rings (SSSR count). The van der Waals surface area contributed by atoms with E-state index in [2.05, 4.69) is 15.6 Å². The number of hydrogen-bond acceptors (Lipinski definition) is 5. The lowest BCUT2D eigenvalue weighted by atomic mass is 10.2. The molecule has 1 unspecified atom stereocenters. The number of rotatable bonds is 5. The maximum absolute atomic E-state index is 11.7. The van der Waals surface area contributed by atoms with Gasteiger partial charge in [0.25, 0.3) is 0 Å². The molecule has 18 heavy (non-hydrogen) atoms. The molecule has 1 fully saturated rings. The second-order valence-electron chi connectivity index (χ2n) is 4.29. The normalized spacial score (nSPS) is 18.6. The fraction of sp³-hybridized carbons (Fsp3) is 0.538. The first-order valence-electron chi connectivity index (χ1n) is 6.40. The number of nitrogens with one attached hydrogen (secondary N) is 2. The minimum atomic E-state index is -0.326. The van der Waals surface area contributed by atoms with E-state index in [4.69, 9.17) is 4.74 Å². The van der Waals surface area contributed by atoms with Crippen LogP contribution in [0.3, 0.4) is 0 Å². The summed E-state index contributed by atoms with van der Waals surface area (Å²) >= 11 is 0. The summed E-state index contributed by atoms with van der Waals surface area (Å²) in [5.74, 6) is 0.275. The summed E-state index contributed by atoms with van der Waals surface area (Å²) in [6.07, 6.45) is 4.04. The summed E-state index contributed by atoms with van der Waals surface area (Å²) in [7, 11) is 0. The van der Waals surface area contributed by atoms with Gasteiger partial charge in [-0.3, -0.25) is 0 Å². The van der Waals surface area contributed by atoms with E-state index in [1.54, 1.807) is 25.3 Å². The minimum absolute atomic E-state index is 0.326. The van der Waals surface area contributed by atoms with Gasteiger partial charge in [-0.1, -0.05) is 0 Å². The molecule has 0 aliphatic carbocycles. The van der Waals surface area contributed by atoms with Crippen molar-refractivity contribution in [3.05, 3.63) is 23.9 Å². The first-order chi connectivity index (χ1) is 8.81. The van der Waals surface area contributed by atoms with Crippen molar-refractivity contribution in [2.75, 3.05) is 25.0 Å². The van der Waals surface area contributed by atoms with Gasteiger partial charge in [-0.25, -0.2) is 9.78 Å². The largest absolute Gasteiger partial charge is 0.462 e. The highest BCUT2D eigenvalue weighted by Gasteiger charge is 2.16. The van der Waals surface area contributed by atoms with Crippen LogP contribution in [0.2, 0.25) is 0 Å². The summed E-state index contributed by atoms with van der Waals surface area (Å²) in [4.78, 5) is 15.9. The van der Waals surface area contributed by atoms with Crippen molar-refractivity contribution in [1.29, 1.82) is 0 Å². The average Bonchev–Trinajstić information content (AvgIpc) is 2.90. The fourth-order valence-corrected chi connectivity index (χ4v) is 2.07. The van der Waals surface area contributed by atoms with Gasteiger partial charge in [-0.05, 0) is 38.4 Å². The van der Waals surface area contributed by atoms with Gasteiger partial charge in [-0.15, -0.1) is 0 Å². The Bertz CT molecular complexity index is 403. The monoisotopic (exact) mass is 249 g/mol. The molecule has 1 atom stereocenters. The van der Waals surface area contributed by atoms with Crippen LogP contribution in [0.1, 0.15) is 30.1 Å². The van der Waals surface area contributed by atoms with E-state index in [1.165, 1.54) is 6.42 Å². The highest BCUT2D eigenvalue weighted by Crippen LogP contribution is 2.14. The lowest BCUT2D eigenvalue weighted by Gasteiger charge is -2.14. The third kappa shape index (κ3) is 3.20. The van der Waals surface area contributed by atoms with E-state index in [9.17, 15) is 4.79 Å². The summed E-state index contributed by atoms with van der Waals surface area (Å²) in [5.41, 5.74) is 0.498. The van der Waals surface area contributed by atoms with Crippen molar-refractivity contribution in [1.82, 2.24) is 10.3 Å². The highest BCUT2D eigenvalue weighted by atomic mass is 16.5. The Balaban J connectivity index is 2.00. The van der Waals surface area contributed by atoms with Crippen LogP contribution in [0.5, 0.6) is 0 Å². The summed E-state index contributed by atoms with van der Waals surface area (Å²) in [5, 5.41) is 6.61. The van der Waals surface area contributed by atoms with Gasteiger partial charge < -0.3 is 15.4 Å². The molecule has 1 aliphatic rings. The molecule has 1 saturated heterocycles. The van der Waals surface area contributed by atoms with Crippen molar-refractivity contribution in [3.63, 3.8) is 0 Å². The zero-order valence-corrected chi connectivity index (χ0v) is 10.6. The Morgan fingerprint density at radius 1 is 1.67 bits per heavy atom. The standard InChI is InChI=1S/C13H19N3O2/c1-2-18-13(17)11-6-4-8-15-12(11)16-9-10-5-3-7-14-10/h4,6,8,10,14H,2-3,5,7,9H2,1H3,(H,15,16). The van der Waals surface area contributed by atoms with E-state index < -0.39 is 0 Å². The fourth-order valence-electron chi connectivity index (χ4n) is 2.07. The van der Waals surface area contributed by atoms with Gasteiger partial charge in [-0.2, -0.15) is 0 Å². The Labute approximate surface area is 107 Å². The molecule has 5 nitrogen and oxygen atoms in total. The molecule has 0 bridgehead atoms. The Morgan fingerprint density at radius 3 is 3.28 bits per heavy atom.